The van der Waals surface area contributed by atoms with Gasteiger partial charge in [0.15, 0.2) is 5.76 Å². The molecule has 2 rings (SSSR count). The highest BCUT2D eigenvalue weighted by Gasteiger charge is 2.11. The summed E-state index contributed by atoms with van der Waals surface area (Å²) in [5, 5.41) is 6.44. The predicted octanol–water partition coefficient (Wildman–Crippen LogP) is 1.65. The van der Waals surface area contributed by atoms with Crippen molar-refractivity contribution in [2.45, 2.75) is 13.5 Å². The molecular formula is C11H11BrN4O2. The summed E-state index contributed by atoms with van der Waals surface area (Å²) >= 11 is 3.25. The van der Waals surface area contributed by atoms with E-state index in [-0.39, 0.29) is 12.5 Å². The summed E-state index contributed by atoms with van der Waals surface area (Å²) in [6, 6.07) is 3.27. The first-order valence-electron chi connectivity index (χ1n) is 5.17. The van der Waals surface area contributed by atoms with E-state index in [9.17, 15) is 4.79 Å². The van der Waals surface area contributed by atoms with Crippen molar-refractivity contribution in [2.24, 2.45) is 0 Å². The molecule has 1 amide bonds. The van der Waals surface area contributed by atoms with Crippen LogP contribution in [0.15, 0.2) is 27.3 Å². The number of hydrogen-bond donors (Lipinski definition) is 2. The first-order valence-corrected chi connectivity index (χ1v) is 5.97. The topological polar surface area (TPSA) is 94.0 Å². The van der Waals surface area contributed by atoms with Gasteiger partial charge in [0.1, 0.15) is 5.82 Å². The van der Waals surface area contributed by atoms with Crippen LogP contribution in [0.4, 0.5) is 5.82 Å². The lowest BCUT2D eigenvalue weighted by molar-refractivity contribution is 0.0946. The third-order valence-corrected chi connectivity index (χ3v) is 2.85. The highest BCUT2D eigenvalue weighted by atomic mass is 79.9. The molecule has 2 heterocycles. The number of rotatable bonds is 3. The summed E-state index contributed by atoms with van der Waals surface area (Å²) in [5.74, 6) is 0.628. The van der Waals surface area contributed by atoms with Crippen molar-refractivity contribution in [3.63, 3.8) is 0 Å². The van der Waals surface area contributed by atoms with Crippen LogP contribution in [0.3, 0.4) is 0 Å². The minimum atomic E-state index is -0.259. The number of amides is 1. The van der Waals surface area contributed by atoms with Crippen molar-refractivity contribution in [1.29, 1.82) is 0 Å². The minimum absolute atomic E-state index is 0.259. The monoisotopic (exact) mass is 310 g/mol. The molecule has 0 aliphatic rings. The molecule has 2 aromatic rings. The summed E-state index contributed by atoms with van der Waals surface area (Å²) in [6.07, 6.45) is 1.49. The van der Waals surface area contributed by atoms with Gasteiger partial charge in [0.2, 0.25) is 0 Å². The van der Waals surface area contributed by atoms with Crippen LogP contribution >= 0.6 is 15.9 Å². The van der Waals surface area contributed by atoms with Crippen LogP contribution in [-0.2, 0) is 6.54 Å². The van der Waals surface area contributed by atoms with Crippen molar-refractivity contribution >= 4 is 27.7 Å². The quantitative estimate of drug-likeness (QED) is 0.899. The smallest absolute Gasteiger partial charge is 0.252 e. The van der Waals surface area contributed by atoms with Gasteiger partial charge in [0.25, 0.3) is 5.91 Å². The third kappa shape index (κ3) is 2.86. The molecule has 0 aliphatic heterocycles. The van der Waals surface area contributed by atoms with Gasteiger partial charge < -0.3 is 15.6 Å². The molecule has 0 spiro atoms. The van der Waals surface area contributed by atoms with Gasteiger partial charge in [-0.1, -0.05) is 5.16 Å². The Bertz CT molecular complexity index is 582. The molecule has 0 fully saturated rings. The van der Waals surface area contributed by atoms with E-state index in [1.807, 2.05) is 6.92 Å². The number of halogens is 1. The van der Waals surface area contributed by atoms with Crippen molar-refractivity contribution in [2.75, 3.05) is 5.73 Å². The lowest BCUT2D eigenvalue weighted by atomic mass is 10.2. The van der Waals surface area contributed by atoms with E-state index >= 15 is 0 Å². The maximum Gasteiger partial charge on any atom is 0.252 e. The van der Waals surface area contributed by atoms with Crippen LogP contribution in [-0.4, -0.2) is 16.0 Å². The van der Waals surface area contributed by atoms with Crippen molar-refractivity contribution in [3.8, 4) is 0 Å². The fourth-order valence-electron chi connectivity index (χ4n) is 1.39. The zero-order valence-corrected chi connectivity index (χ0v) is 11.2. The van der Waals surface area contributed by atoms with E-state index in [1.165, 1.54) is 12.3 Å². The number of anilines is 1. The van der Waals surface area contributed by atoms with Gasteiger partial charge >= 0.3 is 0 Å². The third-order valence-electron chi connectivity index (χ3n) is 2.22. The first kappa shape index (κ1) is 12.6. The van der Waals surface area contributed by atoms with Gasteiger partial charge in [-0.05, 0) is 28.9 Å². The normalized spacial score (nSPS) is 10.3. The molecule has 0 atom stereocenters. The number of carbonyl (C=O) groups is 1. The standard InChI is InChI=1S/C11H11BrN4O2/c1-6-2-7(18-16-6)4-15-11(17)8-3-10(13)14-5-9(8)12/h2-3,5H,4H2,1H3,(H2,13,14)(H,15,17). The number of nitrogens with two attached hydrogens (primary N) is 1. The van der Waals surface area contributed by atoms with Crippen LogP contribution in [0, 0.1) is 6.92 Å². The second-order valence-electron chi connectivity index (χ2n) is 3.71. The molecular weight excluding hydrogens is 300 g/mol. The summed E-state index contributed by atoms with van der Waals surface area (Å²) in [5.41, 5.74) is 6.74. The van der Waals surface area contributed by atoms with Crippen molar-refractivity contribution < 1.29 is 9.32 Å². The Morgan fingerprint density at radius 3 is 3.00 bits per heavy atom. The fraction of sp³-hybridized carbons (Fsp3) is 0.182. The van der Waals surface area contributed by atoms with Gasteiger partial charge in [-0.3, -0.25) is 4.79 Å². The SMILES string of the molecule is Cc1cc(CNC(=O)c2cc(N)ncc2Br)on1. The summed E-state index contributed by atoms with van der Waals surface area (Å²) in [4.78, 5) is 15.8. The maximum atomic E-state index is 11.9. The molecule has 0 saturated carbocycles. The number of nitrogen functional groups attached to an aromatic ring is 1. The number of nitrogens with zero attached hydrogens (tertiary/aromatic N) is 2. The summed E-state index contributed by atoms with van der Waals surface area (Å²) in [7, 11) is 0. The average molecular weight is 311 g/mol. The molecule has 0 aromatic carbocycles. The van der Waals surface area contributed by atoms with E-state index in [0.29, 0.717) is 21.6 Å². The number of aryl methyl sites for hydroxylation is 1. The molecule has 0 radical (unpaired) electrons. The molecule has 18 heavy (non-hydrogen) atoms. The molecule has 94 valence electrons. The minimum Gasteiger partial charge on any atom is -0.384 e. The zero-order valence-electron chi connectivity index (χ0n) is 9.61. The van der Waals surface area contributed by atoms with Gasteiger partial charge in [0.05, 0.1) is 17.8 Å². The molecule has 6 nitrogen and oxygen atoms in total. The highest BCUT2D eigenvalue weighted by Crippen LogP contribution is 2.17. The maximum absolute atomic E-state index is 11.9. The Labute approximate surface area is 112 Å². The number of hydrogen-bond acceptors (Lipinski definition) is 5. The predicted molar refractivity (Wildman–Crippen MR) is 68.8 cm³/mol. The molecule has 2 aromatic heterocycles. The van der Waals surface area contributed by atoms with Gasteiger partial charge in [0, 0.05) is 16.7 Å². The molecule has 0 unspecified atom stereocenters. The Hall–Kier alpha value is -1.89. The average Bonchev–Trinajstić information content (AvgIpc) is 2.75. The van der Waals surface area contributed by atoms with E-state index in [0.717, 1.165) is 5.69 Å². The number of aromatic nitrogens is 2. The number of nitrogens with one attached hydrogen (secondary N) is 1. The van der Waals surface area contributed by atoms with Crippen LogP contribution in [0.1, 0.15) is 21.8 Å². The Balaban J connectivity index is 2.05. The zero-order chi connectivity index (χ0) is 13.1. The molecule has 0 aliphatic carbocycles. The number of carbonyl (C=O) groups excluding carboxylic acids is 1. The Morgan fingerprint density at radius 2 is 2.33 bits per heavy atom. The first-order chi connectivity index (χ1) is 8.56. The Morgan fingerprint density at radius 1 is 1.56 bits per heavy atom. The molecule has 0 saturated heterocycles. The van der Waals surface area contributed by atoms with E-state index in [2.05, 4.69) is 31.4 Å². The van der Waals surface area contributed by atoms with Crippen LogP contribution < -0.4 is 11.1 Å². The van der Waals surface area contributed by atoms with Crippen LogP contribution in [0.2, 0.25) is 0 Å². The Kier molecular flexibility index (Phi) is 3.61. The van der Waals surface area contributed by atoms with Crippen LogP contribution in [0.5, 0.6) is 0 Å². The second kappa shape index (κ2) is 5.18. The van der Waals surface area contributed by atoms with E-state index in [4.69, 9.17) is 10.3 Å². The summed E-state index contributed by atoms with van der Waals surface area (Å²) in [6.45, 7) is 2.09. The van der Waals surface area contributed by atoms with E-state index < -0.39 is 0 Å². The lowest BCUT2D eigenvalue weighted by Crippen LogP contribution is -2.23. The second-order valence-corrected chi connectivity index (χ2v) is 4.56. The van der Waals surface area contributed by atoms with Gasteiger partial charge in [-0.2, -0.15) is 0 Å². The molecule has 3 N–H and O–H groups in total. The lowest BCUT2D eigenvalue weighted by Gasteiger charge is -2.05. The van der Waals surface area contributed by atoms with E-state index in [1.54, 1.807) is 6.07 Å². The molecule has 7 heteroatoms. The highest BCUT2D eigenvalue weighted by molar-refractivity contribution is 9.10. The van der Waals surface area contributed by atoms with Crippen molar-refractivity contribution in [3.05, 3.63) is 39.8 Å². The summed E-state index contributed by atoms with van der Waals surface area (Å²) < 4.78 is 5.58. The van der Waals surface area contributed by atoms with Crippen LogP contribution in [0.25, 0.3) is 0 Å². The van der Waals surface area contributed by atoms with Crippen molar-refractivity contribution in [1.82, 2.24) is 15.5 Å². The largest absolute Gasteiger partial charge is 0.384 e. The van der Waals surface area contributed by atoms with Gasteiger partial charge in [-0.25, -0.2) is 4.98 Å². The fourth-order valence-corrected chi connectivity index (χ4v) is 1.79. The molecule has 0 bridgehead atoms. The number of pyridine rings is 1. The van der Waals surface area contributed by atoms with Gasteiger partial charge in [-0.15, -0.1) is 0 Å².